The Labute approximate surface area is 152 Å². The van der Waals surface area contributed by atoms with Crippen LogP contribution in [0.2, 0.25) is 10.0 Å². The van der Waals surface area contributed by atoms with Crippen LogP contribution in [-0.4, -0.2) is 35.0 Å². The highest BCUT2D eigenvalue weighted by atomic mass is 35.5. The second-order valence-electron chi connectivity index (χ2n) is 6.14. The van der Waals surface area contributed by atoms with Crippen LogP contribution in [0.3, 0.4) is 0 Å². The van der Waals surface area contributed by atoms with E-state index in [4.69, 9.17) is 23.2 Å². The van der Waals surface area contributed by atoms with Gasteiger partial charge in [0.2, 0.25) is 0 Å². The van der Waals surface area contributed by atoms with Crippen LogP contribution in [0, 0.1) is 0 Å². The molecule has 1 atom stereocenters. The number of halogens is 2. The summed E-state index contributed by atoms with van der Waals surface area (Å²) in [5, 5.41) is 3.93. The minimum absolute atomic E-state index is 0.169. The fourth-order valence-electron chi connectivity index (χ4n) is 3.25. The van der Waals surface area contributed by atoms with Gasteiger partial charge in [-0.1, -0.05) is 23.2 Å². The summed E-state index contributed by atoms with van der Waals surface area (Å²) in [6.45, 7) is 2.68. The van der Waals surface area contributed by atoms with E-state index in [-0.39, 0.29) is 11.9 Å². The van der Waals surface area contributed by atoms with Gasteiger partial charge in [-0.3, -0.25) is 9.69 Å². The molecule has 1 saturated heterocycles. The van der Waals surface area contributed by atoms with Gasteiger partial charge in [0, 0.05) is 30.5 Å². The number of benzene rings is 1. The van der Waals surface area contributed by atoms with Gasteiger partial charge in [-0.05, 0) is 56.3 Å². The maximum atomic E-state index is 12.5. The normalized spacial score (nSPS) is 16.3. The van der Waals surface area contributed by atoms with E-state index in [0.717, 1.165) is 13.1 Å². The molecule has 2 heterocycles. The Morgan fingerprint density at radius 2 is 2.00 bits per heavy atom. The predicted octanol–water partition coefficient (Wildman–Crippen LogP) is 3.90. The van der Waals surface area contributed by atoms with Gasteiger partial charge >= 0.3 is 0 Å². The molecule has 1 aromatic carbocycles. The first kappa shape index (κ1) is 17.3. The van der Waals surface area contributed by atoms with Crippen molar-refractivity contribution in [2.24, 2.45) is 7.05 Å². The second-order valence-corrected chi connectivity index (χ2v) is 6.98. The zero-order chi connectivity index (χ0) is 17.1. The van der Waals surface area contributed by atoms with Gasteiger partial charge in [0.05, 0.1) is 16.6 Å². The molecule has 0 radical (unpaired) electrons. The third-order valence-corrected chi connectivity index (χ3v) is 5.09. The molecule has 6 heteroatoms. The van der Waals surface area contributed by atoms with Gasteiger partial charge in [-0.15, -0.1) is 0 Å². The smallest absolute Gasteiger partial charge is 0.252 e. The molecule has 1 amide bonds. The average molecular weight is 366 g/mol. The SMILES string of the molecule is Cn1cccc1C(CNC(=O)c1ccc(Cl)cc1Cl)N1CCCC1. The Morgan fingerprint density at radius 1 is 1.25 bits per heavy atom. The fraction of sp³-hybridized carbons (Fsp3) is 0.389. The van der Waals surface area contributed by atoms with E-state index in [9.17, 15) is 4.79 Å². The Kier molecular flexibility index (Phi) is 5.49. The summed E-state index contributed by atoms with van der Waals surface area (Å²) < 4.78 is 2.12. The third-order valence-electron chi connectivity index (χ3n) is 4.54. The van der Waals surface area contributed by atoms with Crippen LogP contribution < -0.4 is 5.32 Å². The van der Waals surface area contributed by atoms with Crippen molar-refractivity contribution in [3.8, 4) is 0 Å². The first-order valence-electron chi connectivity index (χ1n) is 8.15. The number of rotatable bonds is 5. The highest BCUT2D eigenvalue weighted by molar-refractivity contribution is 6.36. The molecule has 0 saturated carbocycles. The van der Waals surface area contributed by atoms with Crippen molar-refractivity contribution in [3.63, 3.8) is 0 Å². The van der Waals surface area contributed by atoms with Crippen molar-refractivity contribution in [3.05, 3.63) is 57.8 Å². The molecule has 1 aliphatic heterocycles. The highest BCUT2D eigenvalue weighted by Crippen LogP contribution is 2.25. The highest BCUT2D eigenvalue weighted by Gasteiger charge is 2.26. The van der Waals surface area contributed by atoms with Crippen LogP contribution in [0.5, 0.6) is 0 Å². The van der Waals surface area contributed by atoms with Gasteiger partial charge in [-0.2, -0.15) is 0 Å². The number of hydrogen-bond acceptors (Lipinski definition) is 2. The van der Waals surface area contributed by atoms with Crippen molar-refractivity contribution in [2.45, 2.75) is 18.9 Å². The van der Waals surface area contributed by atoms with Crippen LogP contribution in [-0.2, 0) is 7.05 Å². The minimum Gasteiger partial charge on any atom is -0.353 e. The first-order chi connectivity index (χ1) is 11.6. The Hall–Kier alpha value is -1.49. The molecule has 0 aliphatic carbocycles. The summed E-state index contributed by atoms with van der Waals surface area (Å²) in [7, 11) is 2.04. The molecule has 1 aliphatic rings. The number of aromatic nitrogens is 1. The van der Waals surface area contributed by atoms with Crippen LogP contribution in [0.25, 0.3) is 0 Å². The van der Waals surface area contributed by atoms with Crippen LogP contribution in [0.1, 0.15) is 34.9 Å². The Balaban J connectivity index is 1.73. The maximum absolute atomic E-state index is 12.5. The van der Waals surface area contributed by atoms with Crippen molar-refractivity contribution < 1.29 is 4.79 Å². The molecule has 1 aromatic heterocycles. The van der Waals surface area contributed by atoms with Crippen LogP contribution >= 0.6 is 23.2 Å². The molecule has 24 heavy (non-hydrogen) atoms. The molecule has 1 N–H and O–H groups in total. The number of carbonyl (C=O) groups excluding carboxylic acids is 1. The summed E-state index contributed by atoms with van der Waals surface area (Å²) >= 11 is 12.0. The fourth-order valence-corrected chi connectivity index (χ4v) is 3.75. The molecule has 1 unspecified atom stereocenters. The number of amides is 1. The van der Waals surface area contributed by atoms with E-state index in [1.807, 2.05) is 19.3 Å². The van der Waals surface area contributed by atoms with Crippen molar-refractivity contribution in [1.82, 2.24) is 14.8 Å². The third kappa shape index (κ3) is 3.77. The number of likely N-dealkylation sites (tertiary alicyclic amines) is 1. The lowest BCUT2D eigenvalue weighted by atomic mass is 10.1. The predicted molar refractivity (Wildman–Crippen MR) is 97.8 cm³/mol. The van der Waals surface area contributed by atoms with Crippen molar-refractivity contribution in [1.29, 1.82) is 0 Å². The number of carbonyl (C=O) groups is 1. The molecule has 2 aromatic rings. The van der Waals surface area contributed by atoms with Crippen LogP contribution in [0.4, 0.5) is 0 Å². The largest absolute Gasteiger partial charge is 0.353 e. The van der Waals surface area contributed by atoms with Crippen molar-refractivity contribution in [2.75, 3.05) is 19.6 Å². The van der Waals surface area contributed by atoms with Gasteiger partial charge in [0.1, 0.15) is 0 Å². The summed E-state index contributed by atoms with van der Waals surface area (Å²) in [6, 6.07) is 9.25. The zero-order valence-corrected chi connectivity index (χ0v) is 15.1. The lowest BCUT2D eigenvalue weighted by Gasteiger charge is -2.28. The van der Waals surface area contributed by atoms with Crippen molar-refractivity contribution >= 4 is 29.1 Å². The lowest BCUT2D eigenvalue weighted by molar-refractivity contribution is 0.0937. The Morgan fingerprint density at radius 3 is 2.62 bits per heavy atom. The molecule has 0 spiro atoms. The molecule has 0 bridgehead atoms. The molecular weight excluding hydrogens is 345 g/mol. The van der Waals surface area contributed by atoms with E-state index in [1.54, 1.807) is 18.2 Å². The van der Waals surface area contributed by atoms with E-state index in [1.165, 1.54) is 18.5 Å². The minimum atomic E-state index is -0.171. The van der Waals surface area contributed by atoms with Gasteiger partial charge in [0.25, 0.3) is 5.91 Å². The molecular formula is C18H21Cl2N3O. The Bertz CT molecular complexity index is 723. The number of nitrogens with one attached hydrogen (secondary N) is 1. The number of nitrogens with zero attached hydrogens (tertiary/aromatic N) is 2. The molecule has 128 valence electrons. The van der Waals surface area contributed by atoms with E-state index in [0.29, 0.717) is 22.2 Å². The molecule has 3 rings (SSSR count). The first-order valence-corrected chi connectivity index (χ1v) is 8.90. The van der Waals surface area contributed by atoms with Gasteiger partial charge < -0.3 is 9.88 Å². The topological polar surface area (TPSA) is 37.3 Å². The second kappa shape index (κ2) is 7.60. The summed E-state index contributed by atoms with van der Waals surface area (Å²) in [5.41, 5.74) is 1.66. The average Bonchev–Trinajstić information content (AvgIpc) is 3.20. The standard InChI is InChI=1S/C18H21Cl2N3O/c1-22-8-4-5-16(22)17(23-9-2-3-10-23)12-21-18(24)14-7-6-13(19)11-15(14)20/h4-8,11,17H,2-3,9-10,12H2,1H3,(H,21,24). The number of hydrogen-bond donors (Lipinski definition) is 1. The van der Waals surface area contributed by atoms with E-state index in [2.05, 4.69) is 20.9 Å². The summed E-state index contributed by atoms with van der Waals surface area (Å²) in [4.78, 5) is 14.9. The summed E-state index contributed by atoms with van der Waals surface area (Å²) in [5.74, 6) is -0.171. The van der Waals surface area contributed by atoms with Gasteiger partial charge in [-0.25, -0.2) is 0 Å². The number of aryl methyl sites for hydroxylation is 1. The maximum Gasteiger partial charge on any atom is 0.252 e. The lowest BCUT2D eigenvalue weighted by Crippen LogP contribution is -2.37. The van der Waals surface area contributed by atoms with E-state index >= 15 is 0 Å². The monoisotopic (exact) mass is 365 g/mol. The molecule has 4 nitrogen and oxygen atoms in total. The summed E-state index contributed by atoms with van der Waals surface area (Å²) in [6.07, 6.45) is 4.45. The van der Waals surface area contributed by atoms with E-state index < -0.39 is 0 Å². The quantitative estimate of drug-likeness (QED) is 0.872. The van der Waals surface area contributed by atoms with Crippen LogP contribution in [0.15, 0.2) is 36.5 Å². The molecule has 1 fully saturated rings. The zero-order valence-electron chi connectivity index (χ0n) is 13.6. The van der Waals surface area contributed by atoms with Gasteiger partial charge in [0.15, 0.2) is 0 Å².